The van der Waals surface area contributed by atoms with Gasteiger partial charge in [0.1, 0.15) is 17.3 Å². The van der Waals surface area contributed by atoms with Gasteiger partial charge < -0.3 is 4.42 Å². The molecule has 4 aromatic rings. The lowest BCUT2D eigenvalue weighted by molar-refractivity contribution is 0.485. The molecule has 0 unspecified atom stereocenters. The van der Waals surface area contributed by atoms with E-state index in [1.165, 1.54) is 23.3 Å². The van der Waals surface area contributed by atoms with Crippen molar-refractivity contribution in [1.29, 1.82) is 0 Å². The maximum absolute atomic E-state index is 5.50. The molecule has 0 spiro atoms. The Bertz CT molecular complexity index is 1020. The molecule has 0 bridgehead atoms. The molecule has 0 fully saturated rings. The Balaban J connectivity index is 1.70. The molecule has 0 aliphatic heterocycles. The van der Waals surface area contributed by atoms with Gasteiger partial charge >= 0.3 is 0 Å². The van der Waals surface area contributed by atoms with Gasteiger partial charge in [0.25, 0.3) is 0 Å². The van der Waals surface area contributed by atoms with Crippen molar-refractivity contribution in [3.63, 3.8) is 0 Å². The summed E-state index contributed by atoms with van der Waals surface area (Å²) in [5.41, 5.74) is 0.554. The van der Waals surface area contributed by atoms with Crippen LogP contribution in [0.2, 0.25) is 0 Å². The van der Waals surface area contributed by atoms with Crippen molar-refractivity contribution in [1.82, 2.24) is 34.1 Å². The first-order chi connectivity index (χ1) is 13.0. The van der Waals surface area contributed by atoms with Gasteiger partial charge in [0.15, 0.2) is 15.3 Å². The molecule has 0 saturated carbocycles. The second-order valence-electron chi connectivity index (χ2n) is 6.80. The van der Waals surface area contributed by atoms with Crippen molar-refractivity contribution in [2.45, 2.75) is 42.2 Å². The largest absolute Gasteiger partial charge is 0.467 e. The monoisotopic (exact) mass is 399 g/mol. The van der Waals surface area contributed by atoms with E-state index in [-0.39, 0.29) is 5.41 Å². The fourth-order valence-electron chi connectivity index (χ4n) is 2.30. The quantitative estimate of drug-likeness (QED) is 0.501. The van der Waals surface area contributed by atoms with Crippen LogP contribution in [0.5, 0.6) is 0 Å². The molecule has 0 aromatic carbocycles. The third-order valence-corrected chi connectivity index (χ3v) is 5.40. The average Bonchev–Trinajstić information content (AvgIpc) is 3.38. The molecule has 0 radical (unpaired) electrons. The molecule has 0 atom stereocenters. The van der Waals surface area contributed by atoms with Crippen LogP contribution in [0, 0.1) is 0 Å². The zero-order valence-electron chi connectivity index (χ0n) is 15.0. The number of hydrogen-bond donors (Lipinski definition) is 0. The smallest absolute Gasteiger partial charge is 0.199 e. The summed E-state index contributed by atoms with van der Waals surface area (Å²) in [6.45, 7) is 6.76. The summed E-state index contributed by atoms with van der Waals surface area (Å²) in [4.78, 5) is 13.1. The summed E-state index contributed by atoms with van der Waals surface area (Å²) in [5.74, 6) is 2.25. The van der Waals surface area contributed by atoms with Crippen LogP contribution in [0.1, 0.15) is 32.4 Å². The molecule has 0 amide bonds. The maximum atomic E-state index is 5.50. The normalized spacial score (nSPS) is 11.8. The summed E-state index contributed by atoms with van der Waals surface area (Å²) in [6, 6.07) is 3.77. The van der Waals surface area contributed by atoms with Crippen LogP contribution in [-0.4, -0.2) is 34.1 Å². The average molecular weight is 400 g/mol. The number of hydrogen-bond acceptors (Lipinski definition) is 9. The molecule has 27 heavy (non-hydrogen) atoms. The third kappa shape index (κ3) is 3.91. The van der Waals surface area contributed by atoms with Crippen molar-refractivity contribution in [3.05, 3.63) is 48.6 Å². The Labute approximate surface area is 164 Å². The molecule has 0 saturated heterocycles. The van der Waals surface area contributed by atoms with Crippen molar-refractivity contribution in [3.8, 4) is 11.5 Å². The highest BCUT2D eigenvalue weighted by atomic mass is 32.2. The van der Waals surface area contributed by atoms with Gasteiger partial charge in [-0.05, 0) is 35.4 Å². The van der Waals surface area contributed by atoms with Crippen LogP contribution in [0.4, 0.5) is 0 Å². The molecule has 4 heterocycles. The highest BCUT2D eigenvalue weighted by Crippen LogP contribution is 2.32. The molecule has 10 heteroatoms. The zero-order valence-corrected chi connectivity index (χ0v) is 16.7. The van der Waals surface area contributed by atoms with E-state index in [1.807, 2.05) is 16.7 Å². The summed E-state index contributed by atoms with van der Waals surface area (Å²) >= 11 is 2.80. The fraction of sp³-hybridized carbons (Fsp3) is 0.294. The van der Waals surface area contributed by atoms with Crippen molar-refractivity contribution >= 4 is 23.3 Å². The van der Waals surface area contributed by atoms with Crippen LogP contribution in [0.15, 0.2) is 50.9 Å². The minimum atomic E-state index is -0.0953. The highest BCUT2D eigenvalue weighted by molar-refractivity contribution is 8.00. The van der Waals surface area contributed by atoms with Crippen LogP contribution < -0.4 is 0 Å². The molecule has 0 N–H and O–H groups in total. The van der Waals surface area contributed by atoms with E-state index in [0.29, 0.717) is 23.2 Å². The second-order valence-corrected chi connectivity index (χ2v) is 8.76. The van der Waals surface area contributed by atoms with Crippen molar-refractivity contribution in [2.75, 3.05) is 0 Å². The van der Waals surface area contributed by atoms with E-state index in [2.05, 4.69) is 50.3 Å². The first kappa shape index (κ1) is 17.8. The van der Waals surface area contributed by atoms with E-state index in [0.717, 1.165) is 15.9 Å². The van der Waals surface area contributed by atoms with Gasteiger partial charge in [0.05, 0.1) is 19.0 Å². The molecular formula is C17H17N7OS2. The molecule has 138 valence electrons. The molecule has 0 aliphatic rings. The lowest BCUT2D eigenvalue weighted by atomic mass is 9.96. The standard InChI is InChI=1S/C17H17N7OS2/c1-17(2,3)14-20-16(27-23-14)26-15-22-21-13(12-9-18-6-7-19-12)24(15)10-11-5-4-8-25-11/h4-9H,10H2,1-3H3. The molecule has 4 aromatic heterocycles. The SMILES string of the molecule is CC(C)(C)c1nsc(Sc2nnc(-c3cnccn3)n2Cc2ccco2)n1. The summed E-state index contributed by atoms with van der Waals surface area (Å²) < 4.78 is 12.7. The van der Waals surface area contributed by atoms with E-state index in [1.54, 1.807) is 24.9 Å². The van der Waals surface area contributed by atoms with Crippen molar-refractivity contribution < 1.29 is 4.42 Å². The van der Waals surface area contributed by atoms with Gasteiger partial charge in [-0.25, -0.2) is 9.97 Å². The fourth-order valence-corrected chi connectivity index (χ4v) is 4.03. The zero-order chi connectivity index (χ0) is 18.9. The minimum absolute atomic E-state index is 0.0953. The maximum Gasteiger partial charge on any atom is 0.199 e. The van der Waals surface area contributed by atoms with Gasteiger partial charge in [0, 0.05) is 17.8 Å². The van der Waals surface area contributed by atoms with Crippen LogP contribution >= 0.6 is 23.3 Å². The van der Waals surface area contributed by atoms with Gasteiger partial charge in [-0.1, -0.05) is 20.8 Å². The van der Waals surface area contributed by atoms with E-state index in [4.69, 9.17) is 4.42 Å². The second kappa shape index (κ2) is 7.20. The predicted molar refractivity (Wildman–Crippen MR) is 102 cm³/mol. The Morgan fingerprint density at radius 3 is 2.78 bits per heavy atom. The summed E-state index contributed by atoms with van der Waals surface area (Å²) in [6.07, 6.45) is 6.57. The van der Waals surface area contributed by atoms with E-state index < -0.39 is 0 Å². The van der Waals surface area contributed by atoms with Crippen LogP contribution in [0.3, 0.4) is 0 Å². The van der Waals surface area contributed by atoms with E-state index >= 15 is 0 Å². The van der Waals surface area contributed by atoms with Crippen molar-refractivity contribution in [2.24, 2.45) is 0 Å². The molecule has 0 aliphatic carbocycles. The minimum Gasteiger partial charge on any atom is -0.467 e. The van der Waals surface area contributed by atoms with Gasteiger partial charge in [-0.3, -0.25) is 9.55 Å². The first-order valence-electron chi connectivity index (χ1n) is 8.25. The Morgan fingerprint density at radius 2 is 2.11 bits per heavy atom. The predicted octanol–water partition coefficient (Wildman–Crippen LogP) is 3.68. The Kier molecular flexibility index (Phi) is 4.75. The number of aromatic nitrogens is 7. The lowest BCUT2D eigenvalue weighted by Gasteiger charge is -2.12. The number of nitrogens with zero attached hydrogens (tertiary/aromatic N) is 7. The first-order valence-corrected chi connectivity index (χ1v) is 9.84. The van der Waals surface area contributed by atoms with E-state index in [9.17, 15) is 0 Å². The Morgan fingerprint density at radius 1 is 1.22 bits per heavy atom. The molecular weight excluding hydrogens is 382 g/mol. The molecule has 4 rings (SSSR count). The highest BCUT2D eigenvalue weighted by Gasteiger charge is 2.22. The summed E-state index contributed by atoms with van der Waals surface area (Å²) in [5, 5.41) is 9.37. The van der Waals surface area contributed by atoms with Gasteiger partial charge in [-0.2, -0.15) is 4.37 Å². The number of rotatable bonds is 5. The summed E-state index contributed by atoms with van der Waals surface area (Å²) in [7, 11) is 0. The van der Waals surface area contributed by atoms with Gasteiger partial charge in [0.2, 0.25) is 0 Å². The van der Waals surface area contributed by atoms with Crippen LogP contribution in [0.25, 0.3) is 11.5 Å². The number of furan rings is 1. The lowest BCUT2D eigenvalue weighted by Crippen LogP contribution is -2.12. The Hall–Kier alpha value is -2.59. The van der Waals surface area contributed by atoms with Gasteiger partial charge in [-0.15, -0.1) is 10.2 Å². The molecule has 8 nitrogen and oxygen atoms in total. The third-order valence-electron chi connectivity index (χ3n) is 3.66. The van der Waals surface area contributed by atoms with Crippen LogP contribution in [-0.2, 0) is 12.0 Å². The topological polar surface area (TPSA) is 95.4 Å².